The molecule has 152 valence electrons. The molecule has 30 heavy (non-hydrogen) atoms. The monoisotopic (exact) mass is 402 g/mol. The Balaban J connectivity index is 1.43. The van der Waals surface area contributed by atoms with E-state index in [9.17, 15) is 4.79 Å². The second-order valence-corrected chi connectivity index (χ2v) is 7.24. The molecular formula is C22H22N6O2. The Morgan fingerprint density at radius 1 is 1.10 bits per heavy atom. The highest BCUT2D eigenvalue weighted by Crippen LogP contribution is 2.23. The quantitative estimate of drug-likeness (QED) is 0.546. The number of ether oxygens (including phenoxy) is 1. The van der Waals surface area contributed by atoms with Crippen molar-refractivity contribution in [1.82, 2.24) is 19.5 Å². The molecule has 0 saturated carbocycles. The van der Waals surface area contributed by atoms with E-state index >= 15 is 0 Å². The van der Waals surface area contributed by atoms with Gasteiger partial charge in [-0.2, -0.15) is 0 Å². The first-order valence-corrected chi connectivity index (χ1v) is 9.89. The molecule has 5 rings (SSSR count). The van der Waals surface area contributed by atoms with Crippen molar-refractivity contribution in [3.05, 3.63) is 65.2 Å². The average molecular weight is 402 g/mol. The fourth-order valence-corrected chi connectivity index (χ4v) is 3.69. The molecule has 1 aliphatic rings. The zero-order chi connectivity index (χ0) is 20.5. The molecule has 0 bridgehead atoms. The van der Waals surface area contributed by atoms with Crippen molar-refractivity contribution in [2.75, 3.05) is 36.5 Å². The molecule has 1 aliphatic heterocycles. The Hall–Kier alpha value is -3.65. The van der Waals surface area contributed by atoms with Crippen LogP contribution in [0.3, 0.4) is 0 Å². The van der Waals surface area contributed by atoms with E-state index in [1.54, 1.807) is 24.0 Å². The summed E-state index contributed by atoms with van der Waals surface area (Å²) in [4.78, 5) is 27.1. The lowest BCUT2D eigenvalue weighted by molar-refractivity contribution is 0.122. The SMILES string of the molecule is Cn1c(=O)c(Nc2ccc(N3CCOCC3)cc2)nc2ccc(-c3ncc[nH]3)cc21. The second-order valence-electron chi connectivity index (χ2n) is 7.24. The number of aromatic amines is 1. The Labute approximate surface area is 173 Å². The summed E-state index contributed by atoms with van der Waals surface area (Å²) in [6.45, 7) is 3.27. The zero-order valence-electron chi connectivity index (χ0n) is 16.6. The summed E-state index contributed by atoms with van der Waals surface area (Å²) in [6, 6.07) is 13.8. The molecule has 2 aromatic carbocycles. The van der Waals surface area contributed by atoms with Crippen LogP contribution in [0.15, 0.2) is 59.7 Å². The van der Waals surface area contributed by atoms with Gasteiger partial charge >= 0.3 is 0 Å². The molecule has 0 amide bonds. The maximum absolute atomic E-state index is 12.9. The third kappa shape index (κ3) is 3.42. The number of morpholine rings is 1. The van der Waals surface area contributed by atoms with Crippen molar-refractivity contribution in [2.24, 2.45) is 7.05 Å². The van der Waals surface area contributed by atoms with Gasteiger partial charge in [0.25, 0.3) is 5.56 Å². The summed E-state index contributed by atoms with van der Waals surface area (Å²) >= 11 is 0. The minimum atomic E-state index is -0.184. The normalized spacial score (nSPS) is 14.2. The van der Waals surface area contributed by atoms with E-state index in [-0.39, 0.29) is 5.56 Å². The van der Waals surface area contributed by atoms with Gasteiger partial charge in [-0.05, 0) is 42.5 Å². The van der Waals surface area contributed by atoms with Gasteiger partial charge in [0.2, 0.25) is 0 Å². The van der Waals surface area contributed by atoms with Gasteiger partial charge in [0.15, 0.2) is 5.82 Å². The fraction of sp³-hybridized carbons (Fsp3) is 0.227. The minimum Gasteiger partial charge on any atom is -0.378 e. The van der Waals surface area contributed by atoms with E-state index in [1.807, 2.05) is 30.3 Å². The first-order chi connectivity index (χ1) is 14.7. The van der Waals surface area contributed by atoms with Crippen LogP contribution in [0.4, 0.5) is 17.2 Å². The molecule has 0 radical (unpaired) electrons. The average Bonchev–Trinajstić information content (AvgIpc) is 3.33. The van der Waals surface area contributed by atoms with Crippen molar-refractivity contribution < 1.29 is 4.74 Å². The van der Waals surface area contributed by atoms with Crippen LogP contribution in [0.2, 0.25) is 0 Å². The fourth-order valence-electron chi connectivity index (χ4n) is 3.69. The Bertz CT molecular complexity index is 1230. The Morgan fingerprint density at radius 3 is 2.63 bits per heavy atom. The maximum Gasteiger partial charge on any atom is 0.293 e. The standard InChI is InChI=1S/C22H22N6O2/c1-27-19-14-15(20-23-8-9-24-20)2-7-18(19)26-21(22(27)29)25-16-3-5-17(6-4-16)28-10-12-30-13-11-28/h2-9,14H,10-13H2,1H3,(H,23,24)(H,25,26). The number of benzene rings is 2. The molecular weight excluding hydrogens is 380 g/mol. The van der Waals surface area contributed by atoms with E-state index < -0.39 is 0 Å². The van der Waals surface area contributed by atoms with Gasteiger partial charge < -0.3 is 24.5 Å². The summed E-state index contributed by atoms with van der Waals surface area (Å²) in [5.41, 5.74) is 4.18. The molecule has 0 unspecified atom stereocenters. The van der Waals surface area contributed by atoms with Crippen LogP contribution in [-0.4, -0.2) is 45.8 Å². The van der Waals surface area contributed by atoms with E-state index in [0.717, 1.165) is 60.1 Å². The summed E-state index contributed by atoms with van der Waals surface area (Å²) in [6.07, 6.45) is 3.47. The molecule has 4 aromatic rings. The smallest absolute Gasteiger partial charge is 0.293 e. The number of rotatable bonds is 4. The van der Waals surface area contributed by atoms with Crippen molar-refractivity contribution in [2.45, 2.75) is 0 Å². The van der Waals surface area contributed by atoms with E-state index in [4.69, 9.17) is 4.74 Å². The summed E-state index contributed by atoms with van der Waals surface area (Å²) in [5, 5.41) is 3.17. The number of nitrogens with zero attached hydrogens (tertiary/aromatic N) is 4. The summed E-state index contributed by atoms with van der Waals surface area (Å²) < 4.78 is 7.02. The first-order valence-electron chi connectivity index (χ1n) is 9.89. The van der Waals surface area contributed by atoms with Gasteiger partial charge in [-0.3, -0.25) is 4.79 Å². The molecule has 8 heteroatoms. The number of anilines is 3. The van der Waals surface area contributed by atoms with Crippen molar-refractivity contribution >= 4 is 28.2 Å². The number of fused-ring (bicyclic) bond motifs is 1. The van der Waals surface area contributed by atoms with Crippen molar-refractivity contribution in [1.29, 1.82) is 0 Å². The summed E-state index contributed by atoms with van der Waals surface area (Å²) in [7, 11) is 1.75. The van der Waals surface area contributed by atoms with Crippen LogP contribution in [0.5, 0.6) is 0 Å². The van der Waals surface area contributed by atoms with Crippen LogP contribution in [0.1, 0.15) is 0 Å². The molecule has 0 atom stereocenters. The molecule has 1 fully saturated rings. The minimum absolute atomic E-state index is 0.184. The summed E-state index contributed by atoms with van der Waals surface area (Å²) in [5.74, 6) is 1.06. The maximum atomic E-state index is 12.9. The molecule has 0 aliphatic carbocycles. The molecule has 2 N–H and O–H groups in total. The van der Waals surface area contributed by atoms with Crippen LogP contribution in [0.25, 0.3) is 22.4 Å². The van der Waals surface area contributed by atoms with E-state index in [1.165, 1.54) is 0 Å². The predicted octanol–water partition coefficient (Wildman–Crippen LogP) is 2.90. The van der Waals surface area contributed by atoms with Crippen LogP contribution in [0, 0.1) is 0 Å². The number of hydrogen-bond donors (Lipinski definition) is 2. The van der Waals surface area contributed by atoms with Crippen LogP contribution >= 0.6 is 0 Å². The van der Waals surface area contributed by atoms with Crippen LogP contribution < -0.4 is 15.8 Å². The largest absolute Gasteiger partial charge is 0.378 e. The Kier molecular flexibility index (Phi) is 4.68. The lowest BCUT2D eigenvalue weighted by Crippen LogP contribution is -2.36. The van der Waals surface area contributed by atoms with E-state index in [0.29, 0.717) is 5.82 Å². The van der Waals surface area contributed by atoms with Gasteiger partial charge in [-0.1, -0.05) is 0 Å². The number of H-pyrrole nitrogens is 1. The highest BCUT2D eigenvalue weighted by Gasteiger charge is 2.13. The predicted molar refractivity (Wildman–Crippen MR) is 117 cm³/mol. The Morgan fingerprint density at radius 2 is 1.90 bits per heavy atom. The molecule has 1 saturated heterocycles. The van der Waals surface area contributed by atoms with Gasteiger partial charge in [-0.15, -0.1) is 0 Å². The highest BCUT2D eigenvalue weighted by atomic mass is 16.5. The van der Waals surface area contributed by atoms with Gasteiger partial charge in [0.05, 0.1) is 24.2 Å². The zero-order valence-corrected chi connectivity index (χ0v) is 16.6. The topological polar surface area (TPSA) is 88.1 Å². The number of imidazole rings is 1. The number of nitrogens with one attached hydrogen (secondary N) is 2. The van der Waals surface area contributed by atoms with Gasteiger partial charge in [0, 0.05) is 49.5 Å². The number of hydrogen-bond acceptors (Lipinski definition) is 6. The molecule has 3 heterocycles. The number of aryl methyl sites for hydroxylation is 1. The number of aromatic nitrogens is 4. The molecule has 2 aromatic heterocycles. The molecule has 0 spiro atoms. The third-order valence-corrected chi connectivity index (χ3v) is 5.35. The van der Waals surface area contributed by atoms with Crippen molar-refractivity contribution in [3.63, 3.8) is 0 Å². The van der Waals surface area contributed by atoms with Crippen LogP contribution in [-0.2, 0) is 11.8 Å². The first kappa shape index (κ1) is 18.4. The lowest BCUT2D eigenvalue weighted by Gasteiger charge is -2.28. The van der Waals surface area contributed by atoms with Gasteiger partial charge in [0.1, 0.15) is 5.82 Å². The lowest BCUT2D eigenvalue weighted by atomic mass is 10.2. The van der Waals surface area contributed by atoms with Gasteiger partial charge in [-0.25, -0.2) is 9.97 Å². The van der Waals surface area contributed by atoms with E-state index in [2.05, 4.69) is 37.3 Å². The van der Waals surface area contributed by atoms with Crippen molar-refractivity contribution in [3.8, 4) is 11.4 Å². The highest BCUT2D eigenvalue weighted by molar-refractivity contribution is 5.82. The molecule has 8 nitrogen and oxygen atoms in total. The second kappa shape index (κ2) is 7.64. The third-order valence-electron chi connectivity index (χ3n) is 5.35.